The average Bonchev–Trinajstić information content (AvgIpc) is 2.64. The summed E-state index contributed by atoms with van der Waals surface area (Å²) in [6, 6.07) is 4.93. The van der Waals surface area contributed by atoms with Crippen LogP contribution in [-0.2, 0) is 25.7 Å². The number of benzene rings is 1. The highest BCUT2D eigenvalue weighted by Crippen LogP contribution is 2.29. The number of nitrogens with zero attached hydrogens (tertiary/aromatic N) is 2. The van der Waals surface area contributed by atoms with Gasteiger partial charge in [0, 0.05) is 32.3 Å². The lowest BCUT2D eigenvalue weighted by atomic mass is 9.97. The number of ether oxygens (including phenoxy) is 2. The fourth-order valence-electron chi connectivity index (χ4n) is 3.43. The van der Waals surface area contributed by atoms with E-state index in [1.54, 1.807) is 25.3 Å². The highest BCUT2D eigenvalue weighted by molar-refractivity contribution is 5.94. The van der Waals surface area contributed by atoms with E-state index in [-0.39, 0.29) is 30.3 Å². The number of halogens is 1. The molecule has 0 aliphatic carbocycles. The van der Waals surface area contributed by atoms with E-state index in [0.717, 1.165) is 0 Å². The highest BCUT2D eigenvalue weighted by atomic mass is 19.1. The first-order valence-electron chi connectivity index (χ1n) is 9.46. The van der Waals surface area contributed by atoms with Crippen LogP contribution in [0.5, 0.6) is 0 Å². The third-order valence-electron chi connectivity index (χ3n) is 4.85. The molecular formula is C20H29FN4O4. The number of anilines is 1. The molecule has 1 saturated heterocycles. The molecule has 1 fully saturated rings. The summed E-state index contributed by atoms with van der Waals surface area (Å²) in [6.07, 6.45) is -0.00996. The number of hydrogen-bond donors (Lipinski definition) is 2. The molecular weight excluding hydrogens is 379 g/mol. The van der Waals surface area contributed by atoms with Gasteiger partial charge in [-0.15, -0.1) is 0 Å². The Hall–Kier alpha value is -2.68. The number of methoxy groups -OCH3 is 1. The predicted octanol–water partition coefficient (Wildman–Crippen LogP) is 1.66. The lowest BCUT2D eigenvalue weighted by Crippen LogP contribution is -2.61. The molecule has 0 unspecified atom stereocenters. The Morgan fingerprint density at radius 3 is 2.66 bits per heavy atom. The normalized spacial score (nSPS) is 15.9. The average molecular weight is 408 g/mol. The molecule has 0 spiro atoms. The summed E-state index contributed by atoms with van der Waals surface area (Å²) >= 11 is 0. The molecule has 0 radical (unpaired) electrons. The molecule has 29 heavy (non-hydrogen) atoms. The molecule has 1 aliphatic heterocycles. The van der Waals surface area contributed by atoms with Crippen molar-refractivity contribution in [3.05, 3.63) is 29.6 Å². The smallest absolute Gasteiger partial charge is 0.313 e. The van der Waals surface area contributed by atoms with Gasteiger partial charge >= 0.3 is 5.97 Å². The first kappa shape index (κ1) is 22.6. The van der Waals surface area contributed by atoms with Gasteiger partial charge in [-0.1, -0.05) is 12.1 Å². The number of amides is 1. The van der Waals surface area contributed by atoms with Crippen molar-refractivity contribution in [1.29, 1.82) is 5.41 Å². The number of rotatable bonds is 8. The summed E-state index contributed by atoms with van der Waals surface area (Å²) in [5.74, 6) is -1.42. The van der Waals surface area contributed by atoms with E-state index in [0.29, 0.717) is 38.3 Å². The van der Waals surface area contributed by atoms with E-state index in [1.807, 2.05) is 23.6 Å². The number of nitrogens with two attached hydrogens (primary N) is 1. The van der Waals surface area contributed by atoms with Crippen molar-refractivity contribution < 1.29 is 23.5 Å². The minimum absolute atomic E-state index is 0.0168. The molecule has 1 aliphatic rings. The van der Waals surface area contributed by atoms with Gasteiger partial charge in [0.1, 0.15) is 18.9 Å². The second-order valence-electron chi connectivity index (χ2n) is 7.64. The highest BCUT2D eigenvalue weighted by Gasteiger charge is 2.37. The molecule has 3 N–H and O–H groups in total. The largest absolute Gasteiger partial charge is 0.460 e. The predicted molar refractivity (Wildman–Crippen MR) is 107 cm³/mol. The Morgan fingerprint density at radius 1 is 1.31 bits per heavy atom. The van der Waals surface area contributed by atoms with Gasteiger partial charge in [-0.25, -0.2) is 4.39 Å². The number of carbonyl (C=O) groups is 2. The molecule has 8 nitrogen and oxygen atoms in total. The maximum absolute atomic E-state index is 15.0. The number of nitrogens with one attached hydrogen (secondary N) is 1. The second kappa shape index (κ2) is 9.69. The van der Waals surface area contributed by atoms with Gasteiger partial charge < -0.3 is 25.0 Å². The standard InChI is InChI=1S/C20H29FN4O4/c1-20(2)13-24(8-9-25(20)17(26)7-10-28-3)15-6-4-5-14(19(15)21)12-29-18(27)11-16(22)23/h4-6H,7-13H2,1-3H3,(H3,22,23). The minimum atomic E-state index is -0.674. The van der Waals surface area contributed by atoms with Crippen molar-refractivity contribution in [2.75, 3.05) is 38.3 Å². The molecule has 0 saturated carbocycles. The third-order valence-corrected chi connectivity index (χ3v) is 4.85. The number of piperazine rings is 1. The number of esters is 1. The number of carbonyl (C=O) groups excluding carboxylic acids is 2. The molecule has 1 heterocycles. The second-order valence-corrected chi connectivity index (χ2v) is 7.64. The van der Waals surface area contributed by atoms with Gasteiger partial charge in [0.25, 0.3) is 0 Å². The number of hydrogen-bond acceptors (Lipinski definition) is 6. The van der Waals surface area contributed by atoms with Crippen LogP contribution in [-0.4, -0.2) is 61.5 Å². The maximum Gasteiger partial charge on any atom is 0.313 e. The molecule has 9 heteroatoms. The van der Waals surface area contributed by atoms with E-state index in [9.17, 15) is 9.59 Å². The summed E-state index contributed by atoms with van der Waals surface area (Å²) in [5.41, 5.74) is 5.34. The Labute approximate surface area is 170 Å². The van der Waals surface area contributed by atoms with E-state index in [2.05, 4.69) is 0 Å². The van der Waals surface area contributed by atoms with Crippen LogP contribution in [0.2, 0.25) is 0 Å². The Kier molecular flexibility index (Phi) is 7.55. The van der Waals surface area contributed by atoms with Crippen LogP contribution >= 0.6 is 0 Å². The van der Waals surface area contributed by atoms with Crippen molar-refractivity contribution in [3.63, 3.8) is 0 Å². The Morgan fingerprint density at radius 2 is 2.03 bits per heavy atom. The van der Waals surface area contributed by atoms with E-state index < -0.39 is 17.3 Å². The van der Waals surface area contributed by atoms with Gasteiger partial charge in [0.05, 0.1) is 24.3 Å². The summed E-state index contributed by atoms with van der Waals surface area (Å²) < 4.78 is 25.0. The van der Waals surface area contributed by atoms with Gasteiger partial charge in [-0.3, -0.25) is 15.0 Å². The summed E-state index contributed by atoms with van der Waals surface area (Å²) in [5, 5.41) is 7.10. The van der Waals surface area contributed by atoms with Crippen LogP contribution in [0.1, 0.15) is 32.3 Å². The molecule has 0 atom stereocenters. The SMILES string of the molecule is COCCC(=O)N1CCN(c2cccc(COC(=O)CC(=N)N)c2F)CC1(C)C. The molecule has 160 valence electrons. The fourth-order valence-corrected chi connectivity index (χ4v) is 3.43. The first-order chi connectivity index (χ1) is 13.7. The molecule has 1 aromatic rings. The van der Waals surface area contributed by atoms with Gasteiger partial charge in [0.15, 0.2) is 5.82 Å². The topological polar surface area (TPSA) is 109 Å². The van der Waals surface area contributed by atoms with Gasteiger partial charge in [-0.05, 0) is 19.9 Å². The van der Waals surface area contributed by atoms with Crippen molar-refractivity contribution >= 4 is 23.4 Å². The maximum atomic E-state index is 15.0. The summed E-state index contributed by atoms with van der Waals surface area (Å²) in [6.45, 7) is 5.48. The fraction of sp³-hybridized carbons (Fsp3) is 0.550. The zero-order valence-corrected chi connectivity index (χ0v) is 17.2. The van der Waals surface area contributed by atoms with Crippen LogP contribution in [0.3, 0.4) is 0 Å². The lowest BCUT2D eigenvalue weighted by molar-refractivity contribution is -0.143. The van der Waals surface area contributed by atoms with Crippen LogP contribution in [0.4, 0.5) is 10.1 Å². The van der Waals surface area contributed by atoms with Crippen LogP contribution in [0.25, 0.3) is 0 Å². The molecule has 0 aromatic heterocycles. The zero-order valence-electron chi connectivity index (χ0n) is 17.2. The first-order valence-corrected chi connectivity index (χ1v) is 9.46. The lowest BCUT2D eigenvalue weighted by Gasteiger charge is -2.48. The van der Waals surface area contributed by atoms with Gasteiger partial charge in [-0.2, -0.15) is 0 Å². The van der Waals surface area contributed by atoms with E-state index in [1.165, 1.54) is 0 Å². The van der Waals surface area contributed by atoms with Crippen LogP contribution in [0.15, 0.2) is 18.2 Å². The van der Waals surface area contributed by atoms with Crippen molar-refractivity contribution in [2.24, 2.45) is 5.73 Å². The number of amidine groups is 1. The monoisotopic (exact) mass is 408 g/mol. The molecule has 2 rings (SSSR count). The van der Waals surface area contributed by atoms with E-state index >= 15 is 4.39 Å². The van der Waals surface area contributed by atoms with Crippen molar-refractivity contribution in [3.8, 4) is 0 Å². The van der Waals surface area contributed by atoms with Gasteiger partial charge in [0.2, 0.25) is 5.91 Å². The molecule has 1 amide bonds. The summed E-state index contributed by atoms with van der Waals surface area (Å²) in [7, 11) is 1.56. The zero-order chi connectivity index (χ0) is 21.6. The van der Waals surface area contributed by atoms with Crippen molar-refractivity contribution in [2.45, 2.75) is 38.8 Å². The Bertz CT molecular complexity index is 769. The molecule has 1 aromatic carbocycles. The van der Waals surface area contributed by atoms with Crippen LogP contribution < -0.4 is 10.6 Å². The van der Waals surface area contributed by atoms with Crippen LogP contribution in [0, 0.1) is 11.2 Å². The quantitative estimate of drug-likeness (QED) is 0.385. The molecule has 0 bridgehead atoms. The van der Waals surface area contributed by atoms with Crippen molar-refractivity contribution in [1.82, 2.24) is 4.90 Å². The third kappa shape index (κ3) is 5.90. The Balaban J connectivity index is 2.09. The van der Waals surface area contributed by atoms with E-state index in [4.69, 9.17) is 20.6 Å². The summed E-state index contributed by atoms with van der Waals surface area (Å²) in [4.78, 5) is 27.7. The minimum Gasteiger partial charge on any atom is -0.460 e.